The highest BCUT2D eigenvalue weighted by atomic mass is 16.2. The van der Waals surface area contributed by atoms with E-state index in [0.29, 0.717) is 11.3 Å². The van der Waals surface area contributed by atoms with Crippen LogP contribution in [0.15, 0.2) is 12.3 Å². The molecule has 98 valence electrons. The minimum absolute atomic E-state index is 0.181. The summed E-state index contributed by atoms with van der Waals surface area (Å²) < 4.78 is 0. The fraction of sp³-hybridized carbons (Fsp3) is 0.417. The number of hydrogen-bond donors (Lipinski definition) is 3. The van der Waals surface area contributed by atoms with E-state index in [0.717, 1.165) is 18.7 Å². The van der Waals surface area contributed by atoms with E-state index in [-0.39, 0.29) is 12.5 Å². The van der Waals surface area contributed by atoms with Gasteiger partial charge in [0.1, 0.15) is 0 Å². The third-order valence-corrected chi connectivity index (χ3v) is 2.27. The van der Waals surface area contributed by atoms with E-state index in [9.17, 15) is 9.59 Å². The lowest BCUT2D eigenvalue weighted by molar-refractivity contribution is -0.117. The Morgan fingerprint density at radius 2 is 2.17 bits per heavy atom. The number of carbonyl (C=O) groups is 2. The fourth-order valence-electron chi connectivity index (χ4n) is 1.41. The Balaban J connectivity index is 2.85. The highest BCUT2D eigenvalue weighted by molar-refractivity contribution is 6.00. The zero-order valence-corrected chi connectivity index (χ0v) is 10.6. The number of aryl methyl sites for hydroxylation is 1. The van der Waals surface area contributed by atoms with Crippen LogP contribution in [0.1, 0.15) is 29.4 Å². The zero-order chi connectivity index (χ0) is 13.5. The number of rotatable bonds is 6. The SMILES string of the molecule is CCCNc1cc(C)ncc1C(=O)NCC(N)=O. The Labute approximate surface area is 106 Å². The summed E-state index contributed by atoms with van der Waals surface area (Å²) in [5.74, 6) is -0.939. The number of nitrogens with two attached hydrogens (primary N) is 1. The maximum atomic E-state index is 11.8. The van der Waals surface area contributed by atoms with Gasteiger partial charge in [0.2, 0.25) is 5.91 Å². The first-order valence-corrected chi connectivity index (χ1v) is 5.81. The molecule has 0 bridgehead atoms. The summed E-state index contributed by atoms with van der Waals surface area (Å²) in [5, 5.41) is 5.60. The Hall–Kier alpha value is -2.11. The minimum Gasteiger partial charge on any atom is -0.384 e. The van der Waals surface area contributed by atoms with Crippen LogP contribution in [-0.4, -0.2) is 29.9 Å². The predicted molar refractivity (Wildman–Crippen MR) is 69.3 cm³/mol. The van der Waals surface area contributed by atoms with Crippen LogP contribution in [0.4, 0.5) is 5.69 Å². The molecule has 0 fully saturated rings. The maximum absolute atomic E-state index is 11.8. The van der Waals surface area contributed by atoms with Gasteiger partial charge in [-0.25, -0.2) is 0 Å². The van der Waals surface area contributed by atoms with Crippen molar-refractivity contribution in [2.45, 2.75) is 20.3 Å². The Morgan fingerprint density at radius 1 is 1.44 bits per heavy atom. The molecule has 0 unspecified atom stereocenters. The van der Waals surface area contributed by atoms with Crippen molar-refractivity contribution in [1.82, 2.24) is 10.3 Å². The monoisotopic (exact) mass is 250 g/mol. The van der Waals surface area contributed by atoms with Gasteiger partial charge in [0.25, 0.3) is 5.91 Å². The molecular weight excluding hydrogens is 232 g/mol. The smallest absolute Gasteiger partial charge is 0.255 e. The van der Waals surface area contributed by atoms with Crippen LogP contribution in [0.5, 0.6) is 0 Å². The van der Waals surface area contributed by atoms with Crippen molar-refractivity contribution in [3.05, 3.63) is 23.5 Å². The molecule has 1 aromatic rings. The highest BCUT2D eigenvalue weighted by Gasteiger charge is 2.12. The van der Waals surface area contributed by atoms with Crippen LogP contribution < -0.4 is 16.4 Å². The summed E-state index contributed by atoms with van der Waals surface area (Å²) in [6, 6.07) is 1.80. The molecular formula is C12H18N4O2. The van der Waals surface area contributed by atoms with Crippen molar-refractivity contribution < 1.29 is 9.59 Å². The number of amides is 2. The van der Waals surface area contributed by atoms with Crippen LogP contribution in [0.3, 0.4) is 0 Å². The molecule has 1 heterocycles. The highest BCUT2D eigenvalue weighted by Crippen LogP contribution is 2.15. The molecule has 0 saturated carbocycles. The van der Waals surface area contributed by atoms with Gasteiger partial charge in [-0.2, -0.15) is 0 Å². The lowest BCUT2D eigenvalue weighted by Gasteiger charge is -2.11. The number of primary amides is 1. The van der Waals surface area contributed by atoms with E-state index in [1.54, 1.807) is 6.07 Å². The molecule has 0 aromatic carbocycles. The van der Waals surface area contributed by atoms with Gasteiger partial charge < -0.3 is 16.4 Å². The number of aromatic nitrogens is 1. The van der Waals surface area contributed by atoms with Gasteiger partial charge >= 0.3 is 0 Å². The standard InChI is InChI=1S/C12H18N4O2/c1-3-4-14-10-5-8(2)15-6-9(10)12(18)16-7-11(13)17/h5-6H,3-4,7H2,1-2H3,(H2,13,17)(H,14,15)(H,16,18). The van der Waals surface area contributed by atoms with Crippen molar-refractivity contribution in [3.8, 4) is 0 Å². The van der Waals surface area contributed by atoms with Gasteiger partial charge in [-0.05, 0) is 19.4 Å². The number of nitrogens with zero attached hydrogens (tertiary/aromatic N) is 1. The first-order valence-electron chi connectivity index (χ1n) is 5.81. The minimum atomic E-state index is -0.577. The van der Waals surface area contributed by atoms with Gasteiger partial charge in [-0.15, -0.1) is 0 Å². The maximum Gasteiger partial charge on any atom is 0.255 e. The van der Waals surface area contributed by atoms with E-state index in [1.165, 1.54) is 6.20 Å². The Kier molecular flexibility index (Phi) is 5.10. The molecule has 0 aliphatic rings. The van der Waals surface area contributed by atoms with E-state index >= 15 is 0 Å². The van der Waals surface area contributed by atoms with Crippen LogP contribution in [-0.2, 0) is 4.79 Å². The van der Waals surface area contributed by atoms with E-state index in [1.807, 2.05) is 13.8 Å². The van der Waals surface area contributed by atoms with Crippen molar-refractivity contribution in [2.24, 2.45) is 5.73 Å². The second-order valence-corrected chi connectivity index (χ2v) is 3.95. The zero-order valence-electron chi connectivity index (χ0n) is 10.6. The average molecular weight is 250 g/mol. The lowest BCUT2D eigenvalue weighted by atomic mass is 10.2. The van der Waals surface area contributed by atoms with Crippen molar-refractivity contribution in [3.63, 3.8) is 0 Å². The first-order chi connectivity index (χ1) is 8.54. The normalized spacial score (nSPS) is 9.89. The molecule has 0 atom stereocenters. The van der Waals surface area contributed by atoms with Crippen LogP contribution in [0.25, 0.3) is 0 Å². The molecule has 2 amide bonds. The molecule has 0 spiro atoms. The van der Waals surface area contributed by atoms with Crippen LogP contribution in [0.2, 0.25) is 0 Å². The largest absolute Gasteiger partial charge is 0.384 e. The summed E-state index contributed by atoms with van der Waals surface area (Å²) in [6.07, 6.45) is 2.44. The van der Waals surface area contributed by atoms with Gasteiger partial charge in [0, 0.05) is 18.4 Å². The van der Waals surface area contributed by atoms with Crippen molar-refractivity contribution in [1.29, 1.82) is 0 Å². The average Bonchev–Trinajstić information content (AvgIpc) is 2.33. The molecule has 18 heavy (non-hydrogen) atoms. The molecule has 1 rings (SSSR count). The summed E-state index contributed by atoms with van der Waals surface area (Å²) in [6.45, 7) is 4.47. The summed E-state index contributed by atoms with van der Waals surface area (Å²) in [7, 11) is 0. The van der Waals surface area contributed by atoms with E-state index < -0.39 is 5.91 Å². The third-order valence-electron chi connectivity index (χ3n) is 2.27. The summed E-state index contributed by atoms with van der Waals surface area (Å²) in [4.78, 5) is 26.5. The lowest BCUT2D eigenvalue weighted by Crippen LogP contribution is -2.33. The molecule has 0 aliphatic carbocycles. The van der Waals surface area contributed by atoms with E-state index in [2.05, 4.69) is 15.6 Å². The molecule has 4 N–H and O–H groups in total. The summed E-state index contributed by atoms with van der Waals surface area (Å²) >= 11 is 0. The molecule has 0 saturated heterocycles. The second kappa shape index (κ2) is 6.58. The van der Waals surface area contributed by atoms with E-state index in [4.69, 9.17) is 5.73 Å². The van der Waals surface area contributed by atoms with Crippen molar-refractivity contribution in [2.75, 3.05) is 18.4 Å². The van der Waals surface area contributed by atoms with Gasteiger partial charge in [-0.1, -0.05) is 6.92 Å². The first kappa shape index (κ1) is 14.0. The molecule has 6 nitrogen and oxygen atoms in total. The summed E-state index contributed by atoms with van der Waals surface area (Å²) in [5.41, 5.74) is 6.92. The number of nitrogens with one attached hydrogen (secondary N) is 2. The van der Waals surface area contributed by atoms with Crippen LogP contribution >= 0.6 is 0 Å². The Bertz CT molecular complexity index is 446. The molecule has 6 heteroatoms. The molecule has 1 aromatic heterocycles. The molecule has 0 radical (unpaired) electrons. The predicted octanol–water partition coefficient (Wildman–Crippen LogP) is 0.427. The number of pyridine rings is 1. The topological polar surface area (TPSA) is 97.1 Å². The van der Waals surface area contributed by atoms with Gasteiger partial charge in [0.15, 0.2) is 0 Å². The number of carbonyl (C=O) groups excluding carboxylic acids is 2. The number of hydrogen-bond acceptors (Lipinski definition) is 4. The van der Waals surface area contributed by atoms with Crippen LogP contribution in [0, 0.1) is 6.92 Å². The second-order valence-electron chi connectivity index (χ2n) is 3.95. The fourth-order valence-corrected chi connectivity index (χ4v) is 1.41. The van der Waals surface area contributed by atoms with Gasteiger partial charge in [-0.3, -0.25) is 14.6 Å². The third kappa shape index (κ3) is 4.04. The molecule has 0 aliphatic heterocycles. The quantitative estimate of drug-likeness (QED) is 0.682. The Morgan fingerprint density at radius 3 is 2.78 bits per heavy atom. The van der Waals surface area contributed by atoms with Crippen molar-refractivity contribution >= 4 is 17.5 Å². The van der Waals surface area contributed by atoms with Gasteiger partial charge in [0.05, 0.1) is 17.8 Å². The number of anilines is 1.